The monoisotopic (exact) mass is 237 g/mol. The van der Waals surface area contributed by atoms with Crippen molar-refractivity contribution in [2.75, 3.05) is 0 Å². The number of ketones is 1. The average Bonchev–Trinajstić information content (AvgIpc) is 2.56. The largest absolute Gasteiger partial charge is 0.477 e. The van der Waals surface area contributed by atoms with Gasteiger partial charge in [-0.1, -0.05) is 20.3 Å². The molecule has 0 radical (unpaired) electrons. The number of H-pyrrole nitrogens is 1. The molecule has 0 fully saturated rings. The third kappa shape index (κ3) is 2.75. The van der Waals surface area contributed by atoms with Crippen LogP contribution in [0.5, 0.6) is 0 Å². The van der Waals surface area contributed by atoms with E-state index in [1.54, 1.807) is 6.92 Å². The van der Waals surface area contributed by atoms with Crippen molar-refractivity contribution in [1.29, 1.82) is 0 Å². The number of aryl methyl sites for hydroxylation is 1. The molecule has 0 atom stereocenters. The van der Waals surface area contributed by atoms with E-state index in [1.807, 2.05) is 13.8 Å². The third-order valence-corrected chi connectivity index (χ3v) is 2.80. The quantitative estimate of drug-likeness (QED) is 0.747. The van der Waals surface area contributed by atoms with E-state index in [1.165, 1.54) is 0 Å². The zero-order valence-electron chi connectivity index (χ0n) is 10.6. The molecule has 1 aromatic rings. The number of aromatic carboxylic acids is 1. The van der Waals surface area contributed by atoms with Gasteiger partial charge in [-0.05, 0) is 25.3 Å². The Labute approximate surface area is 101 Å². The van der Waals surface area contributed by atoms with Gasteiger partial charge in [0, 0.05) is 17.7 Å². The van der Waals surface area contributed by atoms with Gasteiger partial charge in [0.15, 0.2) is 5.78 Å². The predicted octanol–water partition coefficient (Wildman–Crippen LogP) is 2.96. The molecule has 94 valence electrons. The number of nitrogens with one attached hydrogen (secondary N) is 1. The van der Waals surface area contributed by atoms with Gasteiger partial charge in [-0.15, -0.1) is 0 Å². The Morgan fingerprint density at radius 3 is 2.35 bits per heavy atom. The van der Waals surface area contributed by atoms with Crippen LogP contribution >= 0.6 is 0 Å². The summed E-state index contributed by atoms with van der Waals surface area (Å²) in [6.45, 7) is 5.64. The molecular weight excluding hydrogens is 218 g/mol. The van der Waals surface area contributed by atoms with Crippen molar-refractivity contribution in [2.24, 2.45) is 0 Å². The highest BCUT2D eigenvalue weighted by Crippen LogP contribution is 2.22. The molecular formula is C13H19NO3. The summed E-state index contributed by atoms with van der Waals surface area (Å²) in [5, 5.41) is 9.04. The maximum absolute atomic E-state index is 12.0. The van der Waals surface area contributed by atoms with E-state index in [0.29, 0.717) is 24.0 Å². The second-order valence-electron chi connectivity index (χ2n) is 4.21. The lowest BCUT2D eigenvalue weighted by molar-refractivity contribution is 0.0690. The molecule has 4 nitrogen and oxygen atoms in total. The van der Waals surface area contributed by atoms with Crippen LogP contribution in [0, 0.1) is 6.92 Å². The van der Waals surface area contributed by atoms with Crippen molar-refractivity contribution >= 4 is 11.8 Å². The van der Waals surface area contributed by atoms with Gasteiger partial charge in [0.05, 0.1) is 0 Å². The Hall–Kier alpha value is -1.58. The summed E-state index contributed by atoms with van der Waals surface area (Å²) in [6, 6.07) is 0. The van der Waals surface area contributed by atoms with Crippen LogP contribution in [0.2, 0.25) is 0 Å². The van der Waals surface area contributed by atoms with Gasteiger partial charge >= 0.3 is 5.97 Å². The highest BCUT2D eigenvalue weighted by Gasteiger charge is 2.22. The number of Topliss-reactive ketones (excluding diaryl/α,β-unsaturated/α-hetero) is 1. The molecule has 2 N–H and O–H groups in total. The lowest BCUT2D eigenvalue weighted by Gasteiger charge is -2.02. The van der Waals surface area contributed by atoms with Crippen molar-refractivity contribution in [3.8, 4) is 0 Å². The molecule has 1 rings (SSSR count). The fraction of sp³-hybridized carbons (Fsp3) is 0.538. The Kier molecular flexibility index (Phi) is 4.49. The van der Waals surface area contributed by atoms with Crippen molar-refractivity contribution in [3.05, 3.63) is 22.5 Å². The van der Waals surface area contributed by atoms with Gasteiger partial charge in [0.2, 0.25) is 0 Å². The van der Waals surface area contributed by atoms with Crippen LogP contribution in [-0.2, 0) is 6.42 Å². The van der Waals surface area contributed by atoms with Gasteiger partial charge < -0.3 is 10.1 Å². The number of aromatic amines is 1. The molecule has 0 saturated carbocycles. The molecule has 4 heteroatoms. The summed E-state index contributed by atoms with van der Waals surface area (Å²) < 4.78 is 0. The lowest BCUT2D eigenvalue weighted by atomic mass is 10.0. The second kappa shape index (κ2) is 5.66. The molecule has 0 bridgehead atoms. The van der Waals surface area contributed by atoms with Crippen LogP contribution in [-0.4, -0.2) is 21.8 Å². The topological polar surface area (TPSA) is 70.2 Å². The molecule has 1 aromatic heterocycles. The summed E-state index contributed by atoms with van der Waals surface area (Å²) >= 11 is 0. The molecule has 0 aliphatic rings. The summed E-state index contributed by atoms with van der Waals surface area (Å²) in [7, 11) is 0. The van der Waals surface area contributed by atoms with E-state index >= 15 is 0 Å². The van der Waals surface area contributed by atoms with Crippen LogP contribution < -0.4 is 0 Å². The Morgan fingerprint density at radius 1 is 1.24 bits per heavy atom. The highest BCUT2D eigenvalue weighted by atomic mass is 16.4. The number of rotatable bonds is 6. The van der Waals surface area contributed by atoms with E-state index in [4.69, 9.17) is 5.11 Å². The van der Waals surface area contributed by atoms with E-state index < -0.39 is 5.97 Å². The fourth-order valence-electron chi connectivity index (χ4n) is 2.04. The molecule has 0 aliphatic carbocycles. The minimum absolute atomic E-state index is 0.0391. The summed E-state index contributed by atoms with van der Waals surface area (Å²) in [5.74, 6) is -0.965. The molecule has 0 saturated heterocycles. The molecule has 17 heavy (non-hydrogen) atoms. The Bertz CT molecular complexity index is 432. The first-order valence-corrected chi connectivity index (χ1v) is 6.00. The van der Waals surface area contributed by atoms with Gasteiger partial charge in [-0.3, -0.25) is 4.79 Å². The van der Waals surface area contributed by atoms with Crippen molar-refractivity contribution < 1.29 is 14.7 Å². The van der Waals surface area contributed by atoms with Crippen molar-refractivity contribution in [1.82, 2.24) is 4.98 Å². The standard InChI is InChI=1S/C13H19NO3/c1-4-6-9-11(10(15)7-5-2)8(3)12(14-9)13(16)17/h14H,4-7H2,1-3H3,(H,16,17). The number of carboxylic acids is 1. The number of aromatic nitrogens is 1. The van der Waals surface area contributed by atoms with Crippen LogP contribution in [0.4, 0.5) is 0 Å². The number of hydrogen-bond acceptors (Lipinski definition) is 2. The first-order valence-electron chi connectivity index (χ1n) is 6.00. The number of carboxylic acid groups (broad SMARTS) is 1. The Morgan fingerprint density at radius 2 is 1.88 bits per heavy atom. The van der Waals surface area contributed by atoms with Gasteiger partial charge in [0.25, 0.3) is 0 Å². The van der Waals surface area contributed by atoms with Crippen LogP contribution in [0.1, 0.15) is 65.2 Å². The van der Waals surface area contributed by atoms with E-state index in [0.717, 1.165) is 18.5 Å². The van der Waals surface area contributed by atoms with Crippen LogP contribution in [0.15, 0.2) is 0 Å². The number of carbonyl (C=O) groups excluding carboxylic acids is 1. The van der Waals surface area contributed by atoms with Crippen LogP contribution in [0.25, 0.3) is 0 Å². The smallest absolute Gasteiger partial charge is 0.352 e. The highest BCUT2D eigenvalue weighted by molar-refractivity contribution is 6.02. The minimum atomic E-state index is -1.00. The van der Waals surface area contributed by atoms with Crippen LogP contribution in [0.3, 0.4) is 0 Å². The summed E-state index contributed by atoms with van der Waals surface area (Å²) in [4.78, 5) is 25.9. The second-order valence-corrected chi connectivity index (χ2v) is 4.21. The minimum Gasteiger partial charge on any atom is -0.477 e. The molecule has 0 spiro atoms. The third-order valence-electron chi connectivity index (χ3n) is 2.80. The lowest BCUT2D eigenvalue weighted by Crippen LogP contribution is -2.03. The van der Waals surface area contributed by atoms with Crippen molar-refractivity contribution in [2.45, 2.75) is 46.5 Å². The zero-order valence-corrected chi connectivity index (χ0v) is 10.6. The maximum atomic E-state index is 12.0. The molecule has 0 unspecified atom stereocenters. The molecule has 1 heterocycles. The first-order chi connectivity index (χ1) is 8.02. The number of hydrogen-bond donors (Lipinski definition) is 2. The predicted molar refractivity (Wildman–Crippen MR) is 65.7 cm³/mol. The molecule has 0 aliphatic heterocycles. The molecule has 0 aromatic carbocycles. The summed E-state index contributed by atoms with van der Waals surface area (Å²) in [6.07, 6.45) is 2.83. The normalized spacial score (nSPS) is 10.5. The SMILES string of the molecule is CCCC(=O)c1c(CCC)[nH]c(C(=O)O)c1C. The van der Waals surface area contributed by atoms with Crippen molar-refractivity contribution in [3.63, 3.8) is 0 Å². The van der Waals surface area contributed by atoms with E-state index in [9.17, 15) is 9.59 Å². The Balaban J connectivity index is 3.24. The first kappa shape index (κ1) is 13.5. The zero-order chi connectivity index (χ0) is 13.0. The van der Waals surface area contributed by atoms with E-state index in [-0.39, 0.29) is 11.5 Å². The van der Waals surface area contributed by atoms with Gasteiger partial charge in [-0.2, -0.15) is 0 Å². The average molecular weight is 237 g/mol. The summed E-state index contributed by atoms with van der Waals surface area (Å²) in [5.41, 5.74) is 2.07. The molecule has 0 amide bonds. The maximum Gasteiger partial charge on any atom is 0.352 e. The van der Waals surface area contributed by atoms with Gasteiger partial charge in [-0.25, -0.2) is 4.79 Å². The number of carbonyl (C=O) groups is 2. The van der Waals surface area contributed by atoms with Gasteiger partial charge in [0.1, 0.15) is 5.69 Å². The van der Waals surface area contributed by atoms with E-state index in [2.05, 4.69) is 4.98 Å². The fourth-order valence-corrected chi connectivity index (χ4v) is 2.04.